The highest BCUT2D eigenvalue weighted by molar-refractivity contribution is 6.01. The van der Waals surface area contributed by atoms with Crippen LogP contribution in [0.4, 0.5) is 27.5 Å². The quantitative estimate of drug-likeness (QED) is 0.295. The number of aromatic nitrogens is 1. The molecule has 2 aromatic carbocycles. The lowest BCUT2D eigenvalue weighted by atomic mass is 10.1. The summed E-state index contributed by atoms with van der Waals surface area (Å²) < 4.78 is 5.78. The molecule has 1 saturated heterocycles. The summed E-state index contributed by atoms with van der Waals surface area (Å²) in [6.07, 6.45) is 3.22. The fourth-order valence-corrected chi connectivity index (χ4v) is 4.36. The first-order valence-electron chi connectivity index (χ1n) is 12.2. The zero-order valence-corrected chi connectivity index (χ0v) is 20.8. The van der Waals surface area contributed by atoms with Crippen LogP contribution in [0.15, 0.2) is 42.6 Å². The molecule has 0 spiro atoms. The Morgan fingerprint density at radius 2 is 1.97 bits per heavy atom. The van der Waals surface area contributed by atoms with E-state index < -0.39 is 4.92 Å². The number of hydrogen-bond acceptors (Lipinski definition) is 8. The van der Waals surface area contributed by atoms with E-state index in [-0.39, 0.29) is 23.3 Å². The zero-order valence-electron chi connectivity index (χ0n) is 20.8. The second kappa shape index (κ2) is 11.5. The Morgan fingerprint density at radius 3 is 2.59 bits per heavy atom. The van der Waals surface area contributed by atoms with Gasteiger partial charge in [0, 0.05) is 54.6 Å². The van der Waals surface area contributed by atoms with Gasteiger partial charge in [-0.25, -0.2) is 4.79 Å². The van der Waals surface area contributed by atoms with Gasteiger partial charge in [0.1, 0.15) is 11.8 Å². The van der Waals surface area contributed by atoms with E-state index >= 15 is 0 Å². The van der Waals surface area contributed by atoms with Crippen molar-refractivity contribution < 1.29 is 14.5 Å². The largest absolute Gasteiger partial charge is 0.492 e. The number of carbonyl (C=O) groups excluding carboxylic acids is 1. The molecule has 2 heterocycles. The molecule has 37 heavy (non-hydrogen) atoms. The van der Waals surface area contributed by atoms with E-state index in [1.165, 1.54) is 18.3 Å². The number of nitriles is 1. The average Bonchev–Trinajstić information content (AvgIpc) is 2.90. The van der Waals surface area contributed by atoms with Gasteiger partial charge in [0.25, 0.3) is 5.69 Å². The fraction of sp³-hybridized carbons (Fsp3) is 0.346. The zero-order chi connectivity index (χ0) is 26.4. The van der Waals surface area contributed by atoms with Crippen LogP contribution in [-0.2, 0) is 0 Å². The summed E-state index contributed by atoms with van der Waals surface area (Å²) in [5, 5.41) is 30.4. The number of anilines is 3. The van der Waals surface area contributed by atoms with Crippen molar-refractivity contribution in [2.24, 2.45) is 0 Å². The lowest BCUT2D eigenvalue weighted by Crippen LogP contribution is -2.45. The highest BCUT2D eigenvalue weighted by Crippen LogP contribution is 2.36. The molecule has 0 radical (unpaired) electrons. The van der Waals surface area contributed by atoms with Gasteiger partial charge >= 0.3 is 6.03 Å². The van der Waals surface area contributed by atoms with Crippen LogP contribution in [0, 0.1) is 21.4 Å². The van der Waals surface area contributed by atoms with Crippen LogP contribution in [0.25, 0.3) is 10.9 Å². The topological polar surface area (TPSA) is 145 Å². The summed E-state index contributed by atoms with van der Waals surface area (Å²) in [6, 6.07) is 11.2. The van der Waals surface area contributed by atoms with Gasteiger partial charge in [-0.3, -0.25) is 15.1 Å². The Hall–Kier alpha value is -4.43. The van der Waals surface area contributed by atoms with Gasteiger partial charge in [0.05, 0.1) is 34.0 Å². The molecule has 4 rings (SSSR count). The van der Waals surface area contributed by atoms with E-state index in [0.717, 1.165) is 32.5 Å². The minimum atomic E-state index is -0.474. The summed E-state index contributed by atoms with van der Waals surface area (Å²) >= 11 is 0. The van der Waals surface area contributed by atoms with Crippen molar-refractivity contribution in [3.8, 4) is 11.8 Å². The molecule has 0 atom stereocenters. The number of nitro benzene ring substituents is 1. The van der Waals surface area contributed by atoms with E-state index in [1.54, 1.807) is 24.3 Å². The molecule has 1 fully saturated rings. The summed E-state index contributed by atoms with van der Waals surface area (Å²) in [5.74, 6) is 0.462. The number of piperidine rings is 1. The predicted octanol–water partition coefficient (Wildman–Crippen LogP) is 4.76. The van der Waals surface area contributed by atoms with E-state index in [0.29, 0.717) is 40.3 Å². The second-order valence-electron chi connectivity index (χ2n) is 8.69. The summed E-state index contributed by atoms with van der Waals surface area (Å²) in [6.45, 7) is 7.27. The van der Waals surface area contributed by atoms with E-state index in [9.17, 15) is 20.2 Å². The molecule has 0 aliphatic carbocycles. The van der Waals surface area contributed by atoms with Crippen LogP contribution >= 0.6 is 0 Å². The average molecular weight is 504 g/mol. The Labute approximate surface area is 214 Å². The fourth-order valence-electron chi connectivity index (χ4n) is 4.36. The van der Waals surface area contributed by atoms with Gasteiger partial charge in [-0.05, 0) is 44.5 Å². The molecule has 11 nitrogen and oxygen atoms in total. The maximum Gasteiger partial charge on any atom is 0.319 e. The summed E-state index contributed by atoms with van der Waals surface area (Å²) in [4.78, 5) is 30.1. The van der Waals surface area contributed by atoms with Crippen LogP contribution in [0.3, 0.4) is 0 Å². The van der Waals surface area contributed by atoms with Crippen molar-refractivity contribution in [3.63, 3.8) is 0 Å². The smallest absolute Gasteiger partial charge is 0.319 e. The summed E-state index contributed by atoms with van der Waals surface area (Å²) in [5.41, 5.74) is 2.29. The molecule has 192 valence electrons. The standard InChI is InChI=1S/C26H29N7O4/c1-3-32-11-9-19(10-12-32)30-26(34)31-23-13-21-22(14-24(23)37-4-2)28-16-17(15-27)25(21)29-18-5-7-20(8-6-18)33(35)36/h5-8,13-14,16,19H,3-4,9-12H2,1-2H3,(H,28,29)(H2,30,31,34). The monoisotopic (exact) mass is 503 g/mol. The lowest BCUT2D eigenvalue weighted by Gasteiger charge is -2.31. The first kappa shape index (κ1) is 25.7. The maximum absolute atomic E-state index is 12.9. The van der Waals surface area contributed by atoms with Crippen molar-refractivity contribution in [1.29, 1.82) is 5.26 Å². The normalized spacial score (nSPS) is 14.1. The molecule has 3 N–H and O–H groups in total. The van der Waals surface area contributed by atoms with Gasteiger partial charge in [0.2, 0.25) is 0 Å². The first-order valence-corrected chi connectivity index (χ1v) is 12.2. The van der Waals surface area contributed by atoms with E-state index in [4.69, 9.17) is 4.74 Å². The Kier molecular flexibility index (Phi) is 8.00. The number of likely N-dealkylation sites (tertiary alicyclic amines) is 1. The molecule has 0 unspecified atom stereocenters. The minimum Gasteiger partial charge on any atom is -0.492 e. The molecule has 1 aromatic heterocycles. The van der Waals surface area contributed by atoms with Crippen molar-refractivity contribution in [2.75, 3.05) is 36.9 Å². The number of nitrogens with one attached hydrogen (secondary N) is 3. The Bertz CT molecular complexity index is 1330. The van der Waals surface area contributed by atoms with Crippen molar-refractivity contribution >= 4 is 39.7 Å². The van der Waals surface area contributed by atoms with Gasteiger partial charge in [0.15, 0.2) is 0 Å². The predicted molar refractivity (Wildman–Crippen MR) is 141 cm³/mol. The molecule has 1 aliphatic rings. The molecule has 1 aliphatic heterocycles. The van der Waals surface area contributed by atoms with Gasteiger partial charge < -0.3 is 25.6 Å². The van der Waals surface area contributed by atoms with Crippen molar-refractivity contribution in [1.82, 2.24) is 15.2 Å². The van der Waals surface area contributed by atoms with Crippen LogP contribution in [-0.4, -0.2) is 53.1 Å². The van der Waals surface area contributed by atoms with Gasteiger partial charge in [-0.1, -0.05) is 6.92 Å². The van der Waals surface area contributed by atoms with Gasteiger partial charge in [-0.15, -0.1) is 0 Å². The molecular formula is C26H29N7O4. The number of benzene rings is 2. The number of nitrogens with zero attached hydrogens (tertiary/aromatic N) is 4. The third kappa shape index (κ3) is 6.05. The number of nitro groups is 1. The molecule has 11 heteroatoms. The number of amides is 2. The number of hydrogen-bond donors (Lipinski definition) is 3. The first-order chi connectivity index (χ1) is 17.9. The lowest BCUT2D eigenvalue weighted by molar-refractivity contribution is -0.384. The SMILES string of the molecule is CCOc1cc2ncc(C#N)c(Nc3ccc([N+](=O)[O-])cc3)c2cc1NC(=O)NC1CCN(CC)CC1. The third-order valence-corrected chi connectivity index (χ3v) is 6.36. The summed E-state index contributed by atoms with van der Waals surface area (Å²) in [7, 11) is 0. The molecular weight excluding hydrogens is 474 g/mol. The molecule has 0 saturated carbocycles. The van der Waals surface area contributed by atoms with Crippen LogP contribution < -0.4 is 20.7 Å². The number of pyridine rings is 1. The van der Waals surface area contributed by atoms with Crippen molar-refractivity contribution in [2.45, 2.75) is 32.7 Å². The molecule has 2 amide bonds. The number of non-ortho nitro benzene ring substituents is 1. The van der Waals surface area contributed by atoms with E-state index in [2.05, 4.69) is 38.8 Å². The van der Waals surface area contributed by atoms with Crippen LogP contribution in [0.2, 0.25) is 0 Å². The highest BCUT2D eigenvalue weighted by Gasteiger charge is 2.21. The number of rotatable bonds is 8. The minimum absolute atomic E-state index is 0.0372. The van der Waals surface area contributed by atoms with Gasteiger partial charge in [-0.2, -0.15) is 5.26 Å². The number of ether oxygens (including phenoxy) is 1. The Morgan fingerprint density at radius 1 is 1.24 bits per heavy atom. The number of urea groups is 1. The Balaban J connectivity index is 1.64. The van der Waals surface area contributed by atoms with Crippen LogP contribution in [0.1, 0.15) is 32.3 Å². The second-order valence-corrected chi connectivity index (χ2v) is 8.69. The number of fused-ring (bicyclic) bond motifs is 1. The maximum atomic E-state index is 12.9. The molecule has 3 aromatic rings. The third-order valence-electron chi connectivity index (χ3n) is 6.36. The van der Waals surface area contributed by atoms with E-state index in [1.807, 2.05) is 6.92 Å². The number of carbonyl (C=O) groups is 1. The molecule has 0 bridgehead atoms. The van der Waals surface area contributed by atoms with Crippen molar-refractivity contribution in [3.05, 3.63) is 58.3 Å². The highest BCUT2D eigenvalue weighted by atomic mass is 16.6. The van der Waals surface area contributed by atoms with Crippen LogP contribution in [0.5, 0.6) is 5.75 Å².